The number of anilines is 1. The quantitative estimate of drug-likeness (QED) is 0.603. The maximum Gasteiger partial charge on any atom is 0.326 e. The molecule has 27 heavy (non-hydrogen) atoms. The molecule has 2 heterocycles. The van der Waals surface area contributed by atoms with Crippen LogP contribution in [0.25, 0.3) is 0 Å². The average Bonchev–Trinajstić information content (AvgIpc) is 2.65. The van der Waals surface area contributed by atoms with Crippen LogP contribution in [0.2, 0.25) is 5.02 Å². The maximum absolute atomic E-state index is 12.2. The lowest BCUT2D eigenvalue weighted by atomic mass is 9.96. The van der Waals surface area contributed by atoms with Crippen molar-refractivity contribution in [2.75, 3.05) is 25.4 Å². The summed E-state index contributed by atoms with van der Waals surface area (Å²) in [4.78, 5) is 41.6. The number of nitrogens with two attached hydrogens (primary N) is 1. The Balaban J connectivity index is 1.50. The minimum atomic E-state index is -0.767. The SMILES string of the molecule is Nc1c(C(=O)NCC2CCN(Cc3ccccc3Cl)CC2)[nH]c(=O)[nH]c1=O. The van der Waals surface area contributed by atoms with Crippen LogP contribution in [-0.4, -0.2) is 40.4 Å². The normalized spacial score (nSPS) is 15.6. The Bertz CT molecular complexity index is 931. The van der Waals surface area contributed by atoms with Gasteiger partial charge < -0.3 is 16.0 Å². The molecule has 5 N–H and O–H groups in total. The van der Waals surface area contributed by atoms with Crippen LogP contribution in [0.5, 0.6) is 0 Å². The van der Waals surface area contributed by atoms with Gasteiger partial charge in [-0.3, -0.25) is 19.5 Å². The largest absolute Gasteiger partial charge is 0.392 e. The minimum absolute atomic E-state index is 0.195. The molecule has 0 saturated carbocycles. The van der Waals surface area contributed by atoms with Gasteiger partial charge >= 0.3 is 5.69 Å². The zero-order chi connectivity index (χ0) is 19.4. The van der Waals surface area contributed by atoms with E-state index in [-0.39, 0.29) is 11.4 Å². The molecule has 1 aliphatic rings. The zero-order valence-corrected chi connectivity index (χ0v) is 15.5. The van der Waals surface area contributed by atoms with Crippen molar-refractivity contribution in [2.45, 2.75) is 19.4 Å². The molecule has 0 atom stereocenters. The molecule has 1 saturated heterocycles. The third-order valence-electron chi connectivity index (χ3n) is 4.82. The molecule has 1 amide bonds. The lowest BCUT2D eigenvalue weighted by Crippen LogP contribution is -2.39. The molecule has 9 heteroatoms. The van der Waals surface area contributed by atoms with Crippen LogP contribution in [0.1, 0.15) is 28.9 Å². The fourth-order valence-corrected chi connectivity index (χ4v) is 3.41. The van der Waals surface area contributed by atoms with Gasteiger partial charge in [0.2, 0.25) is 0 Å². The van der Waals surface area contributed by atoms with Gasteiger partial charge in [0.05, 0.1) is 0 Å². The number of benzene rings is 1. The summed E-state index contributed by atoms with van der Waals surface area (Å²) in [6.07, 6.45) is 1.87. The zero-order valence-electron chi connectivity index (χ0n) is 14.8. The number of nitrogens with zero attached hydrogens (tertiary/aromatic N) is 1. The summed E-state index contributed by atoms with van der Waals surface area (Å²) < 4.78 is 0. The van der Waals surface area contributed by atoms with Crippen LogP contribution in [-0.2, 0) is 6.54 Å². The number of aromatic nitrogens is 2. The summed E-state index contributed by atoms with van der Waals surface area (Å²) in [6, 6.07) is 7.82. The molecule has 0 aliphatic carbocycles. The third-order valence-corrected chi connectivity index (χ3v) is 5.19. The van der Waals surface area contributed by atoms with Gasteiger partial charge in [-0.1, -0.05) is 29.8 Å². The first kappa shape index (κ1) is 19.2. The molecule has 1 fully saturated rings. The summed E-state index contributed by atoms with van der Waals surface area (Å²) in [5, 5.41) is 3.53. The van der Waals surface area contributed by atoms with E-state index in [1.165, 1.54) is 0 Å². The molecule has 0 bridgehead atoms. The number of amides is 1. The number of hydrogen-bond acceptors (Lipinski definition) is 5. The fraction of sp³-hybridized carbons (Fsp3) is 0.389. The van der Waals surface area contributed by atoms with Crippen molar-refractivity contribution in [3.8, 4) is 0 Å². The van der Waals surface area contributed by atoms with Gasteiger partial charge in [0, 0.05) is 18.1 Å². The first-order valence-corrected chi connectivity index (χ1v) is 9.18. The van der Waals surface area contributed by atoms with Gasteiger partial charge in [0.1, 0.15) is 11.4 Å². The predicted molar refractivity (Wildman–Crippen MR) is 104 cm³/mol. The third kappa shape index (κ3) is 4.78. The Morgan fingerprint density at radius 3 is 2.63 bits per heavy atom. The molecule has 1 aromatic heterocycles. The smallest absolute Gasteiger partial charge is 0.326 e. The van der Waals surface area contributed by atoms with E-state index in [1.54, 1.807) is 0 Å². The molecule has 3 rings (SSSR count). The molecule has 0 radical (unpaired) electrons. The Morgan fingerprint density at radius 1 is 1.22 bits per heavy atom. The van der Waals surface area contributed by atoms with Crippen LogP contribution < -0.4 is 22.3 Å². The number of halogens is 1. The lowest BCUT2D eigenvalue weighted by Gasteiger charge is -2.32. The van der Waals surface area contributed by atoms with Crippen LogP contribution in [0.4, 0.5) is 5.69 Å². The van der Waals surface area contributed by atoms with Crippen molar-refractivity contribution >= 4 is 23.2 Å². The lowest BCUT2D eigenvalue weighted by molar-refractivity contribution is 0.0930. The molecule has 0 spiro atoms. The fourth-order valence-electron chi connectivity index (χ4n) is 3.22. The van der Waals surface area contributed by atoms with E-state index in [1.807, 2.05) is 29.2 Å². The van der Waals surface area contributed by atoms with Crippen LogP contribution >= 0.6 is 11.6 Å². The van der Waals surface area contributed by atoms with E-state index in [9.17, 15) is 14.4 Å². The van der Waals surface area contributed by atoms with Crippen LogP contribution in [0, 0.1) is 5.92 Å². The van der Waals surface area contributed by atoms with E-state index in [2.05, 4.69) is 15.2 Å². The van der Waals surface area contributed by atoms with E-state index < -0.39 is 17.2 Å². The highest BCUT2D eigenvalue weighted by atomic mass is 35.5. The Hall–Kier alpha value is -2.58. The van der Waals surface area contributed by atoms with E-state index >= 15 is 0 Å². The van der Waals surface area contributed by atoms with Gasteiger partial charge in [-0.15, -0.1) is 0 Å². The monoisotopic (exact) mass is 391 g/mol. The number of H-pyrrole nitrogens is 2. The first-order chi connectivity index (χ1) is 12.9. The number of carbonyl (C=O) groups is 1. The standard InChI is InChI=1S/C18H22ClN5O3/c19-13-4-2-1-3-12(13)10-24-7-5-11(6-8-24)9-21-17(26)15-14(20)16(25)23-18(27)22-15/h1-4,11H,5-10,20H2,(H,21,26)(H2,22,23,25,27). The maximum atomic E-state index is 12.2. The number of piperidine rings is 1. The predicted octanol–water partition coefficient (Wildman–Crippen LogP) is 0.941. The number of hydrogen-bond donors (Lipinski definition) is 4. The van der Waals surface area contributed by atoms with Gasteiger partial charge in [-0.2, -0.15) is 0 Å². The Labute approximate surface area is 160 Å². The Kier molecular flexibility index (Phi) is 5.98. The van der Waals surface area contributed by atoms with E-state index in [0.29, 0.717) is 12.5 Å². The van der Waals surface area contributed by atoms with Crippen molar-refractivity contribution in [3.05, 3.63) is 61.4 Å². The first-order valence-electron chi connectivity index (χ1n) is 8.80. The number of rotatable bonds is 5. The summed E-state index contributed by atoms with van der Waals surface area (Å²) in [5.74, 6) is -0.222. The van der Waals surface area contributed by atoms with Crippen molar-refractivity contribution in [3.63, 3.8) is 0 Å². The Morgan fingerprint density at radius 2 is 1.93 bits per heavy atom. The van der Waals surface area contributed by atoms with Crippen molar-refractivity contribution < 1.29 is 4.79 Å². The number of aromatic amines is 2. The summed E-state index contributed by atoms with van der Waals surface area (Å²) in [5.41, 5.74) is 4.67. The second kappa shape index (κ2) is 8.41. The van der Waals surface area contributed by atoms with Crippen LogP contribution in [0.15, 0.2) is 33.9 Å². The van der Waals surface area contributed by atoms with E-state index in [0.717, 1.165) is 43.1 Å². The van der Waals surface area contributed by atoms with E-state index in [4.69, 9.17) is 17.3 Å². The van der Waals surface area contributed by atoms with Crippen molar-refractivity contribution in [1.29, 1.82) is 0 Å². The van der Waals surface area contributed by atoms with Gasteiger partial charge in [0.15, 0.2) is 0 Å². The number of nitrogen functional groups attached to an aromatic ring is 1. The molecule has 144 valence electrons. The second-order valence-electron chi connectivity index (χ2n) is 6.72. The summed E-state index contributed by atoms with van der Waals surface area (Å²) >= 11 is 6.22. The van der Waals surface area contributed by atoms with Gasteiger partial charge in [-0.05, 0) is 43.5 Å². The van der Waals surface area contributed by atoms with Crippen molar-refractivity contribution in [2.24, 2.45) is 5.92 Å². The molecule has 1 aliphatic heterocycles. The molecule has 1 aromatic carbocycles. The topological polar surface area (TPSA) is 124 Å². The highest BCUT2D eigenvalue weighted by molar-refractivity contribution is 6.31. The average molecular weight is 392 g/mol. The molecule has 0 unspecified atom stereocenters. The van der Waals surface area contributed by atoms with Gasteiger partial charge in [-0.25, -0.2) is 4.79 Å². The minimum Gasteiger partial charge on any atom is -0.392 e. The molecular formula is C18H22ClN5O3. The number of likely N-dealkylation sites (tertiary alicyclic amines) is 1. The summed E-state index contributed by atoms with van der Waals surface area (Å²) in [6.45, 7) is 3.10. The van der Waals surface area contributed by atoms with Crippen LogP contribution in [0.3, 0.4) is 0 Å². The molecular weight excluding hydrogens is 370 g/mol. The highest BCUT2D eigenvalue weighted by Crippen LogP contribution is 2.22. The number of nitrogens with one attached hydrogen (secondary N) is 3. The summed E-state index contributed by atoms with van der Waals surface area (Å²) in [7, 11) is 0. The van der Waals surface area contributed by atoms with Gasteiger partial charge in [0.25, 0.3) is 11.5 Å². The number of carbonyl (C=O) groups excluding carboxylic acids is 1. The molecule has 2 aromatic rings. The molecule has 8 nitrogen and oxygen atoms in total. The van der Waals surface area contributed by atoms with Crippen molar-refractivity contribution in [1.82, 2.24) is 20.2 Å². The second-order valence-corrected chi connectivity index (χ2v) is 7.13. The highest BCUT2D eigenvalue weighted by Gasteiger charge is 2.21.